The van der Waals surface area contributed by atoms with Gasteiger partial charge in [0.2, 0.25) is 0 Å². The lowest BCUT2D eigenvalue weighted by Gasteiger charge is -2.31. The number of aromatic nitrogens is 4. The molecule has 1 aliphatic rings. The van der Waals surface area contributed by atoms with E-state index in [4.69, 9.17) is 4.98 Å². The van der Waals surface area contributed by atoms with E-state index in [0.29, 0.717) is 23.4 Å². The molecule has 1 fully saturated rings. The summed E-state index contributed by atoms with van der Waals surface area (Å²) in [7, 11) is 0. The molecule has 1 atom stereocenters. The molecule has 0 spiro atoms. The maximum absolute atomic E-state index is 12.4. The second-order valence-corrected chi connectivity index (χ2v) is 6.79. The van der Waals surface area contributed by atoms with Gasteiger partial charge in [0.05, 0.1) is 18.4 Å². The highest BCUT2D eigenvalue weighted by Gasteiger charge is 2.20. The van der Waals surface area contributed by atoms with Crippen LogP contribution in [0, 0.1) is 5.92 Å². The van der Waals surface area contributed by atoms with Crippen LogP contribution in [0.25, 0.3) is 16.7 Å². The summed E-state index contributed by atoms with van der Waals surface area (Å²) in [6.45, 7) is 5.08. The van der Waals surface area contributed by atoms with Crippen LogP contribution >= 0.6 is 0 Å². The molecule has 1 saturated heterocycles. The van der Waals surface area contributed by atoms with Crippen molar-refractivity contribution in [1.29, 1.82) is 0 Å². The van der Waals surface area contributed by atoms with E-state index in [1.165, 1.54) is 19.3 Å². The van der Waals surface area contributed by atoms with Crippen molar-refractivity contribution in [2.45, 2.75) is 32.7 Å². The molecule has 3 heterocycles. The van der Waals surface area contributed by atoms with Crippen molar-refractivity contribution in [1.82, 2.24) is 24.6 Å². The van der Waals surface area contributed by atoms with Gasteiger partial charge in [0.25, 0.3) is 5.56 Å². The van der Waals surface area contributed by atoms with Crippen molar-refractivity contribution < 1.29 is 0 Å². The molecule has 4 rings (SSSR count). The predicted molar refractivity (Wildman–Crippen MR) is 97.8 cm³/mol. The summed E-state index contributed by atoms with van der Waals surface area (Å²) in [4.78, 5) is 22.5. The lowest BCUT2D eigenvalue weighted by atomic mass is 9.96. The summed E-state index contributed by atoms with van der Waals surface area (Å²) in [5.41, 5.74) is 1.41. The first-order valence-corrected chi connectivity index (χ1v) is 8.99. The molecule has 1 aliphatic heterocycles. The van der Waals surface area contributed by atoms with Gasteiger partial charge in [-0.25, -0.2) is 9.67 Å². The average molecular weight is 337 g/mol. The molecule has 3 aromatic rings. The summed E-state index contributed by atoms with van der Waals surface area (Å²) in [5.74, 6) is 1.46. The topological polar surface area (TPSA) is 66.8 Å². The zero-order valence-electron chi connectivity index (χ0n) is 14.5. The van der Waals surface area contributed by atoms with Gasteiger partial charge in [-0.05, 0) is 37.4 Å². The third kappa shape index (κ3) is 3.22. The summed E-state index contributed by atoms with van der Waals surface area (Å²) < 4.78 is 1.74. The number of nitrogens with zero attached hydrogens (tertiary/aromatic N) is 4. The molecular weight excluding hydrogens is 314 g/mol. The molecule has 6 nitrogen and oxygen atoms in total. The van der Waals surface area contributed by atoms with E-state index in [2.05, 4.69) is 21.9 Å². The van der Waals surface area contributed by atoms with E-state index in [0.717, 1.165) is 24.7 Å². The standard InChI is InChI=1S/C19H23N5O/c1-2-14-7-6-10-23(12-14)13-17-21-18-16(19(25)22-17)11-20-24(18)15-8-4-3-5-9-15/h3-5,8-9,11,14H,2,6-7,10,12-13H2,1H3,(H,21,22,25)/t14-/m0/s1. The zero-order chi connectivity index (χ0) is 17.2. The van der Waals surface area contributed by atoms with Crippen LogP contribution < -0.4 is 5.56 Å². The first kappa shape index (κ1) is 16.0. The molecule has 1 N–H and O–H groups in total. The molecule has 1 aromatic carbocycles. The SMILES string of the molecule is CC[C@H]1CCCN(Cc2nc3c(cnn3-c3ccccc3)c(=O)[nH]2)C1. The smallest absolute Gasteiger partial charge is 0.262 e. The van der Waals surface area contributed by atoms with Crippen LogP contribution in [0.3, 0.4) is 0 Å². The van der Waals surface area contributed by atoms with Crippen molar-refractivity contribution in [3.8, 4) is 5.69 Å². The number of fused-ring (bicyclic) bond motifs is 1. The minimum Gasteiger partial charge on any atom is -0.309 e. The van der Waals surface area contributed by atoms with Gasteiger partial charge in [-0.1, -0.05) is 31.5 Å². The van der Waals surface area contributed by atoms with Gasteiger partial charge < -0.3 is 4.98 Å². The number of benzene rings is 1. The lowest BCUT2D eigenvalue weighted by molar-refractivity contribution is 0.161. The lowest BCUT2D eigenvalue weighted by Crippen LogP contribution is -2.35. The van der Waals surface area contributed by atoms with Crippen LogP contribution in [0.1, 0.15) is 32.0 Å². The Morgan fingerprint density at radius 1 is 1.28 bits per heavy atom. The minimum absolute atomic E-state index is 0.119. The second kappa shape index (κ2) is 6.80. The van der Waals surface area contributed by atoms with Crippen molar-refractivity contribution >= 4 is 11.0 Å². The Morgan fingerprint density at radius 3 is 2.92 bits per heavy atom. The monoisotopic (exact) mass is 337 g/mol. The predicted octanol–water partition coefficient (Wildman–Crippen LogP) is 2.73. The molecule has 25 heavy (non-hydrogen) atoms. The Hall–Kier alpha value is -2.47. The fraction of sp³-hybridized carbons (Fsp3) is 0.421. The van der Waals surface area contributed by atoms with Gasteiger partial charge in [0, 0.05) is 6.54 Å². The van der Waals surface area contributed by atoms with Crippen LogP contribution in [-0.4, -0.2) is 37.7 Å². The van der Waals surface area contributed by atoms with E-state index in [1.807, 2.05) is 30.3 Å². The number of piperidine rings is 1. The van der Waals surface area contributed by atoms with Crippen LogP contribution in [0.4, 0.5) is 0 Å². The number of aromatic amines is 1. The molecule has 0 aliphatic carbocycles. The third-order valence-corrected chi connectivity index (χ3v) is 5.04. The normalized spacial score (nSPS) is 18.7. The van der Waals surface area contributed by atoms with Crippen molar-refractivity contribution in [3.05, 3.63) is 52.7 Å². The number of para-hydroxylation sites is 1. The Labute approximate surface area is 146 Å². The number of hydrogen-bond donors (Lipinski definition) is 1. The molecule has 0 unspecified atom stereocenters. The third-order valence-electron chi connectivity index (χ3n) is 5.04. The maximum atomic E-state index is 12.4. The molecular formula is C19H23N5O. The van der Waals surface area contributed by atoms with E-state index >= 15 is 0 Å². The van der Waals surface area contributed by atoms with E-state index in [1.54, 1.807) is 10.9 Å². The second-order valence-electron chi connectivity index (χ2n) is 6.79. The van der Waals surface area contributed by atoms with Crippen LogP contribution in [0.2, 0.25) is 0 Å². The Bertz CT molecular complexity index is 914. The zero-order valence-corrected chi connectivity index (χ0v) is 14.5. The number of hydrogen-bond acceptors (Lipinski definition) is 4. The summed E-state index contributed by atoms with van der Waals surface area (Å²) >= 11 is 0. The van der Waals surface area contributed by atoms with Crippen LogP contribution in [-0.2, 0) is 6.54 Å². The van der Waals surface area contributed by atoms with Gasteiger partial charge in [-0.15, -0.1) is 0 Å². The highest BCUT2D eigenvalue weighted by Crippen LogP contribution is 2.20. The molecule has 0 radical (unpaired) electrons. The Balaban J connectivity index is 1.68. The first-order valence-electron chi connectivity index (χ1n) is 8.99. The highest BCUT2D eigenvalue weighted by atomic mass is 16.1. The summed E-state index contributed by atoms with van der Waals surface area (Å²) in [5, 5.41) is 4.89. The fourth-order valence-corrected chi connectivity index (χ4v) is 3.64. The van der Waals surface area contributed by atoms with Crippen LogP contribution in [0.15, 0.2) is 41.3 Å². The van der Waals surface area contributed by atoms with Crippen molar-refractivity contribution in [3.63, 3.8) is 0 Å². The molecule has 0 bridgehead atoms. The quantitative estimate of drug-likeness (QED) is 0.795. The van der Waals surface area contributed by atoms with Gasteiger partial charge in [0.15, 0.2) is 5.65 Å². The molecule has 130 valence electrons. The van der Waals surface area contributed by atoms with Crippen LogP contribution in [0.5, 0.6) is 0 Å². The van der Waals surface area contributed by atoms with Gasteiger partial charge in [-0.2, -0.15) is 5.10 Å². The summed E-state index contributed by atoms with van der Waals surface area (Å²) in [6, 6.07) is 9.80. The largest absolute Gasteiger partial charge is 0.309 e. The van der Waals surface area contributed by atoms with E-state index in [-0.39, 0.29) is 5.56 Å². The molecule has 0 amide bonds. The number of nitrogens with one attached hydrogen (secondary N) is 1. The maximum Gasteiger partial charge on any atom is 0.262 e. The first-order chi connectivity index (χ1) is 12.2. The number of rotatable bonds is 4. The molecule has 0 saturated carbocycles. The highest BCUT2D eigenvalue weighted by molar-refractivity contribution is 5.75. The Morgan fingerprint density at radius 2 is 2.12 bits per heavy atom. The van der Waals surface area contributed by atoms with E-state index < -0.39 is 0 Å². The van der Waals surface area contributed by atoms with Gasteiger partial charge in [-0.3, -0.25) is 9.69 Å². The fourth-order valence-electron chi connectivity index (χ4n) is 3.64. The van der Waals surface area contributed by atoms with E-state index in [9.17, 15) is 4.79 Å². The minimum atomic E-state index is -0.119. The molecule has 6 heteroatoms. The van der Waals surface area contributed by atoms with Crippen molar-refractivity contribution in [2.24, 2.45) is 5.92 Å². The van der Waals surface area contributed by atoms with Crippen molar-refractivity contribution in [2.75, 3.05) is 13.1 Å². The summed E-state index contributed by atoms with van der Waals surface area (Å²) in [6.07, 6.45) is 5.32. The van der Waals surface area contributed by atoms with Gasteiger partial charge in [0.1, 0.15) is 11.2 Å². The van der Waals surface area contributed by atoms with Gasteiger partial charge >= 0.3 is 0 Å². The Kier molecular flexibility index (Phi) is 4.36. The average Bonchev–Trinajstić information content (AvgIpc) is 3.07. The molecule has 2 aromatic heterocycles. The number of likely N-dealkylation sites (tertiary alicyclic amines) is 1. The number of H-pyrrole nitrogens is 1.